The second kappa shape index (κ2) is 8.46. The van der Waals surface area contributed by atoms with E-state index in [1.165, 1.54) is 0 Å². The number of esters is 1. The summed E-state index contributed by atoms with van der Waals surface area (Å²) in [5.41, 5.74) is 1.15. The van der Waals surface area contributed by atoms with Crippen LogP contribution in [-0.2, 0) is 18.6 Å². The first-order valence-electron chi connectivity index (χ1n) is 6.08. The lowest BCUT2D eigenvalue weighted by Gasteiger charge is -2.23. The molecule has 1 aliphatic rings. The van der Waals surface area contributed by atoms with E-state index in [0.717, 1.165) is 17.1 Å². The molecular formula is C11H19O6PS2. The van der Waals surface area contributed by atoms with Crippen molar-refractivity contribution in [1.82, 2.24) is 0 Å². The van der Waals surface area contributed by atoms with Crippen LogP contribution in [0.25, 0.3) is 0 Å². The molecule has 0 radical (unpaired) electrons. The summed E-state index contributed by atoms with van der Waals surface area (Å²) in [6, 6.07) is 0. The van der Waals surface area contributed by atoms with Crippen LogP contribution in [0, 0.1) is 0 Å². The van der Waals surface area contributed by atoms with Crippen LogP contribution in [0.2, 0.25) is 0 Å². The minimum Gasteiger partial charge on any atom is -0.459 e. The molecule has 1 fully saturated rings. The Bertz CT molecular complexity index is 384. The second-order valence-electron chi connectivity index (χ2n) is 4.33. The predicted octanol–water partition coefficient (Wildman–Crippen LogP) is 1.82. The molecule has 0 aromatic carbocycles. The summed E-state index contributed by atoms with van der Waals surface area (Å²) < 4.78 is 20.5. The van der Waals surface area contributed by atoms with Gasteiger partial charge in [-0.15, -0.1) is 0 Å². The largest absolute Gasteiger partial charge is 0.470 e. The van der Waals surface area contributed by atoms with Crippen molar-refractivity contribution in [2.45, 2.75) is 25.6 Å². The van der Waals surface area contributed by atoms with Gasteiger partial charge in [-0.1, -0.05) is 19.1 Å². The summed E-state index contributed by atoms with van der Waals surface area (Å²) in [6.45, 7) is 5.53. The Morgan fingerprint density at radius 2 is 2.00 bits per heavy atom. The quantitative estimate of drug-likeness (QED) is 0.444. The van der Waals surface area contributed by atoms with Gasteiger partial charge in [0.05, 0.1) is 0 Å². The molecule has 1 unspecified atom stereocenters. The summed E-state index contributed by atoms with van der Waals surface area (Å²) in [6.07, 6.45) is -1.36. The highest BCUT2D eigenvalue weighted by Crippen LogP contribution is 2.38. The molecule has 2 N–H and O–H groups in total. The van der Waals surface area contributed by atoms with Crippen molar-refractivity contribution in [2.24, 2.45) is 0 Å². The summed E-state index contributed by atoms with van der Waals surface area (Å²) in [5.74, 6) is 2.23. The van der Waals surface area contributed by atoms with Crippen molar-refractivity contribution in [3.63, 3.8) is 0 Å². The van der Waals surface area contributed by atoms with Gasteiger partial charge >= 0.3 is 13.8 Å². The van der Waals surface area contributed by atoms with Crippen LogP contribution in [0.1, 0.15) is 13.3 Å². The highest BCUT2D eigenvalue weighted by atomic mass is 32.2. The van der Waals surface area contributed by atoms with E-state index in [1.807, 2.05) is 0 Å². The first-order chi connectivity index (χ1) is 9.31. The normalized spacial score (nSPS) is 20.1. The fraction of sp³-hybridized carbons (Fsp3) is 0.727. The topological polar surface area (TPSA) is 93.1 Å². The van der Waals surface area contributed by atoms with E-state index in [2.05, 4.69) is 11.1 Å². The molecule has 0 spiro atoms. The zero-order chi connectivity index (χ0) is 15.2. The van der Waals surface area contributed by atoms with Crippen LogP contribution in [0.3, 0.4) is 0 Å². The second-order valence-corrected chi connectivity index (χ2v) is 7.58. The molecule has 20 heavy (non-hydrogen) atoms. The number of thioether (sulfide) groups is 2. The number of hydrogen-bond donors (Lipinski definition) is 2. The summed E-state index contributed by atoms with van der Waals surface area (Å²) in [5, 5.41) is 0. The number of carbonyl (C=O) groups is 1. The molecular weight excluding hydrogens is 323 g/mol. The zero-order valence-electron chi connectivity index (χ0n) is 11.2. The Kier molecular flexibility index (Phi) is 7.64. The van der Waals surface area contributed by atoms with Crippen LogP contribution >= 0.6 is 31.3 Å². The molecule has 1 atom stereocenters. The van der Waals surface area contributed by atoms with E-state index in [9.17, 15) is 9.36 Å². The number of rotatable bonds is 5. The van der Waals surface area contributed by atoms with Crippen molar-refractivity contribution in [3.05, 3.63) is 12.2 Å². The lowest BCUT2D eigenvalue weighted by molar-refractivity contribution is -0.156. The molecule has 0 bridgehead atoms. The fourth-order valence-corrected chi connectivity index (χ4v) is 4.28. The predicted molar refractivity (Wildman–Crippen MR) is 80.9 cm³/mol. The van der Waals surface area contributed by atoms with Crippen molar-refractivity contribution >= 4 is 37.3 Å². The summed E-state index contributed by atoms with van der Waals surface area (Å²) in [4.78, 5) is 29.4. The molecule has 0 aromatic heterocycles. The molecule has 1 rings (SSSR count). The van der Waals surface area contributed by atoms with Crippen LogP contribution in [-0.4, -0.2) is 51.0 Å². The molecule has 9 heteroatoms. The smallest absolute Gasteiger partial charge is 0.459 e. The highest BCUT2D eigenvalue weighted by Gasteiger charge is 2.30. The number of phosphoric ester groups is 1. The van der Waals surface area contributed by atoms with Gasteiger partial charge in [0.1, 0.15) is 6.10 Å². The summed E-state index contributed by atoms with van der Waals surface area (Å²) in [7, 11) is -4.69. The maximum absolute atomic E-state index is 11.9. The van der Waals surface area contributed by atoms with E-state index in [0.29, 0.717) is 11.5 Å². The number of phosphoric acid groups is 1. The monoisotopic (exact) mass is 342 g/mol. The molecule has 6 nitrogen and oxygen atoms in total. The Hall–Kier alpha value is 0.0200. The van der Waals surface area contributed by atoms with E-state index in [4.69, 9.17) is 14.5 Å². The lowest BCUT2D eigenvalue weighted by atomic mass is 10.3. The van der Waals surface area contributed by atoms with Gasteiger partial charge in [-0.2, -0.15) is 23.5 Å². The van der Waals surface area contributed by atoms with Gasteiger partial charge in [0.15, 0.2) is 6.10 Å². The third-order valence-electron chi connectivity index (χ3n) is 2.40. The van der Waals surface area contributed by atoms with Crippen LogP contribution in [0.4, 0.5) is 0 Å². The highest BCUT2D eigenvalue weighted by molar-refractivity contribution is 8.01. The third kappa shape index (κ3) is 7.15. The number of carbonyl (C=O) groups excluding carboxylic acids is 1. The van der Waals surface area contributed by atoms with Crippen molar-refractivity contribution in [1.29, 1.82) is 0 Å². The minimum atomic E-state index is -4.69. The lowest BCUT2D eigenvalue weighted by Crippen LogP contribution is -2.32. The van der Waals surface area contributed by atoms with Gasteiger partial charge in [0.2, 0.25) is 0 Å². The van der Waals surface area contributed by atoms with Crippen molar-refractivity contribution in [2.75, 3.05) is 23.0 Å². The van der Waals surface area contributed by atoms with Crippen LogP contribution in [0.5, 0.6) is 0 Å². The first kappa shape index (κ1) is 18.1. The molecule has 0 amide bonds. The fourth-order valence-electron chi connectivity index (χ4n) is 1.52. The minimum absolute atomic E-state index is 0.147. The molecule has 0 aromatic rings. The van der Waals surface area contributed by atoms with Crippen molar-refractivity contribution < 1.29 is 28.4 Å². The SMILES string of the molecule is C=C1CSCC(OC(=O)C(CC)OP(=O)(O)O)CSC1. The Morgan fingerprint density at radius 1 is 1.45 bits per heavy atom. The standard InChI is InChI=1S/C11H19O6PS2/c1-3-10(17-18(13,14)15)11(12)16-9-6-19-4-8(2)5-20-7-9/h9-10H,2-7H2,1H3,(H2,13,14,15). The van der Waals surface area contributed by atoms with Gasteiger partial charge in [0, 0.05) is 23.0 Å². The van der Waals surface area contributed by atoms with Crippen LogP contribution in [0.15, 0.2) is 12.2 Å². The molecule has 1 heterocycles. The Balaban J connectivity index is 2.50. The maximum atomic E-state index is 11.9. The van der Waals surface area contributed by atoms with Crippen molar-refractivity contribution in [3.8, 4) is 0 Å². The molecule has 0 saturated carbocycles. The Labute approximate surface area is 126 Å². The molecule has 0 aliphatic carbocycles. The van der Waals surface area contributed by atoms with E-state index >= 15 is 0 Å². The number of ether oxygens (including phenoxy) is 1. The zero-order valence-corrected chi connectivity index (χ0v) is 13.7. The van der Waals surface area contributed by atoms with Gasteiger partial charge in [0.25, 0.3) is 0 Å². The third-order valence-corrected chi connectivity index (χ3v) is 5.37. The van der Waals surface area contributed by atoms with E-state index in [1.54, 1.807) is 30.4 Å². The number of hydrogen-bond acceptors (Lipinski definition) is 6. The van der Waals surface area contributed by atoms with Gasteiger partial charge in [-0.3, -0.25) is 4.52 Å². The average molecular weight is 342 g/mol. The van der Waals surface area contributed by atoms with Gasteiger partial charge in [-0.05, 0) is 6.42 Å². The maximum Gasteiger partial charge on any atom is 0.470 e. The molecule has 116 valence electrons. The van der Waals surface area contributed by atoms with Gasteiger partial charge < -0.3 is 14.5 Å². The Morgan fingerprint density at radius 3 is 2.45 bits per heavy atom. The average Bonchev–Trinajstić information content (AvgIpc) is 2.31. The van der Waals surface area contributed by atoms with Crippen LogP contribution < -0.4 is 0 Å². The molecule has 1 aliphatic heterocycles. The van der Waals surface area contributed by atoms with E-state index < -0.39 is 19.9 Å². The first-order valence-corrected chi connectivity index (χ1v) is 9.92. The molecule has 1 saturated heterocycles. The van der Waals surface area contributed by atoms with E-state index in [-0.39, 0.29) is 12.5 Å². The summed E-state index contributed by atoms with van der Waals surface area (Å²) >= 11 is 3.27. The van der Waals surface area contributed by atoms with Gasteiger partial charge in [-0.25, -0.2) is 9.36 Å².